The molecule has 1 aliphatic rings. The van der Waals surface area contributed by atoms with E-state index in [0.29, 0.717) is 0 Å². The molecule has 0 amide bonds. The largest absolute Gasteiger partial charge is 0.392 e. The van der Waals surface area contributed by atoms with Crippen LogP contribution in [0.5, 0.6) is 0 Å². The van der Waals surface area contributed by atoms with Crippen LogP contribution in [0.2, 0.25) is 0 Å². The van der Waals surface area contributed by atoms with E-state index in [4.69, 9.17) is 0 Å². The molecule has 0 bridgehead atoms. The fraction of sp³-hybridized carbons (Fsp3) is 0.667. The van der Waals surface area contributed by atoms with E-state index in [-0.39, 0.29) is 11.5 Å². The zero-order chi connectivity index (χ0) is 14.6. The standard InChI is InChI=1S/C18H28OS/c1-18(2,3)15-8-10-17(11-9-15)20-13-16(19)12-14-6-4-5-7-14/h8-11,14,16,19H,4-7,12-13H2,1-3H3. The predicted octanol–water partition coefficient (Wildman–Crippen LogP) is 5.02. The maximum absolute atomic E-state index is 10.1. The molecular formula is C18H28OS. The third-order valence-electron chi connectivity index (χ3n) is 4.24. The summed E-state index contributed by atoms with van der Waals surface area (Å²) in [4.78, 5) is 1.27. The smallest absolute Gasteiger partial charge is 0.0636 e. The first-order valence-electron chi connectivity index (χ1n) is 7.86. The molecule has 2 heteroatoms. The van der Waals surface area contributed by atoms with E-state index in [9.17, 15) is 5.11 Å². The molecule has 1 nitrogen and oxygen atoms in total. The number of aliphatic hydroxyl groups is 1. The zero-order valence-corrected chi connectivity index (χ0v) is 13.9. The Labute approximate surface area is 128 Å². The predicted molar refractivity (Wildman–Crippen MR) is 88.4 cm³/mol. The Balaban J connectivity index is 1.78. The molecule has 112 valence electrons. The third kappa shape index (κ3) is 4.82. The number of hydrogen-bond donors (Lipinski definition) is 1. The van der Waals surface area contributed by atoms with Crippen molar-refractivity contribution in [3.8, 4) is 0 Å². The van der Waals surface area contributed by atoms with Gasteiger partial charge < -0.3 is 5.11 Å². The van der Waals surface area contributed by atoms with Gasteiger partial charge in [-0.3, -0.25) is 0 Å². The van der Waals surface area contributed by atoms with Crippen molar-refractivity contribution in [2.45, 2.75) is 69.3 Å². The molecule has 0 aliphatic heterocycles. The van der Waals surface area contributed by atoms with Gasteiger partial charge in [-0.05, 0) is 35.4 Å². The highest BCUT2D eigenvalue weighted by Gasteiger charge is 2.19. The highest BCUT2D eigenvalue weighted by Crippen LogP contribution is 2.30. The van der Waals surface area contributed by atoms with Crippen LogP contribution in [0.25, 0.3) is 0 Å². The van der Waals surface area contributed by atoms with Gasteiger partial charge in [0.2, 0.25) is 0 Å². The first-order chi connectivity index (χ1) is 9.45. The molecule has 20 heavy (non-hydrogen) atoms. The summed E-state index contributed by atoms with van der Waals surface area (Å²) < 4.78 is 0. The van der Waals surface area contributed by atoms with Gasteiger partial charge in [0.15, 0.2) is 0 Å². The lowest BCUT2D eigenvalue weighted by Crippen LogP contribution is -2.14. The minimum atomic E-state index is -0.148. The maximum atomic E-state index is 10.1. The van der Waals surface area contributed by atoms with Gasteiger partial charge in [0.1, 0.15) is 0 Å². The highest BCUT2D eigenvalue weighted by molar-refractivity contribution is 7.99. The minimum Gasteiger partial charge on any atom is -0.392 e. The molecule has 1 N–H and O–H groups in total. The van der Waals surface area contributed by atoms with E-state index in [0.717, 1.165) is 18.1 Å². The summed E-state index contributed by atoms with van der Waals surface area (Å²) in [5.41, 5.74) is 1.58. The van der Waals surface area contributed by atoms with Gasteiger partial charge in [0, 0.05) is 10.6 Å². The summed E-state index contributed by atoms with van der Waals surface area (Å²) in [7, 11) is 0. The van der Waals surface area contributed by atoms with Gasteiger partial charge in [-0.15, -0.1) is 11.8 Å². The minimum absolute atomic E-state index is 0.148. The van der Waals surface area contributed by atoms with Gasteiger partial charge in [-0.1, -0.05) is 58.6 Å². The van der Waals surface area contributed by atoms with Crippen molar-refractivity contribution in [3.05, 3.63) is 29.8 Å². The Bertz CT molecular complexity index is 398. The SMILES string of the molecule is CC(C)(C)c1ccc(SCC(O)CC2CCCC2)cc1. The average Bonchev–Trinajstić information content (AvgIpc) is 2.88. The van der Waals surface area contributed by atoms with Crippen LogP contribution in [-0.4, -0.2) is 17.0 Å². The Morgan fingerprint density at radius 1 is 1.15 bits per heavy atom. The summed E-state index contributed by atoms with van der Waals surface area (Å²) in [6.07, 6.45) is 6.21. The second-order valence-electron chi connectivity index (χ2n) is 7.13. The summed E-state index contributed by atoms with van der Waals surface area (Å²) in [5.74, 6) is 1.60. The summed E-state index contributed by atoms with van der Waals surface area (Å²) in [5, 5.41) is 10.1. The molecular weight excluding hydrogens is 264 g/mol. The number of hydrogen-bond acceptors (Lipinski definition) is 2. The number of aliphatic hydroxyl groups excluding tert-OH is 1. The number of rotatable bonds is 5. The lowest BCUT2D eigenvalue weighted by atomic mass is 9.87. The molecule has 1 unspecified atom stereocenters. The first kappa shape index (κ1) is 15.9. The van der Waals surface area contributed by atoms with Gasteiger partial charge in [0.25, 0.3) is 0 Å². The van der Waals surface area contributed by atoms with Crippen LogP contribution in [0.3, 0.4) is 0 Å². The van der Waals surface area contributed by atoms with E-state index in [1.807, 2.05) is 0 Å². The van der Waals surface area contributed by atoms with Crippen molar-refractivity contribution in [2.24, 2.45) is 5.92 Å². The molecule has 1 aliphatic carbocycles. The van der Waals surface area contributed by atoms with E-state index < -0.39 is 0 Å². The molecule has 1 aromatic rings. The Morgan fingerprint density at radius 2 is 1.75 bits per heavy atom. The van der Waals surface area contributed by atoms with Crippen molar-refractivity contribution >= 4 is 11.8 Å². The lowest BCUT2D eigenvalue weighted by Gasteiger charge is -2.19. The van der Waals surface area contributed by atoms with Crippen LogP contribution < -0.4 is 0 Å². The van der Waals surface area contributed by atoms with Crippen LogP contribution >= 0.6 is 11.8 Å². The van der Waals surface area contributed by atoms with Crippen molar-refractivity contribution in [2.75, 3.05) is 5.75 Å². The molecule has 1 fully saturated rings. The number of benzene rings is 1. The molecule has 1 atom stereocenters. The van der Waals surface area contributed by atoms with Crippen LogP contribution in [0, 0.1) is 5.92 Å². The third-order valence-corrected chi connectivity index (χ3v) is 5.40. The van der Waals surface area contributed by atoms with Crippen LogP contribution in [0.15, 0.2) is 29.2 Å². The summed E-state index contributed by atoms with van der Waals surface area (Å²) in [6, 6.07) is 8.80. The Kier molecular flexibility index (Phi) is 5.57. The van der Waals surface area contributed by atoms with Gasteiger partial charge in [-0.25, -0.2) is 0 Å². The van der Waals surface area contributed by atoms with Crippen molar-refractivity contribution in [1.82, 2.24) is 0 Å². The van der Waals surface area contributed by atoms with Crippen molar-refractivity contribution < 1.29 is 5.11 Å². The lowest BCUT2D eigenvalue weighted by molar-refractivity contribution is 0.166. The molecule has 1 saturated carbocycles. The van der Waals surface area contributed by atoms with Gasteiger partial charge in [-0.2, -0.15) is 0 Å². The fourth-order valence-electron chi connectivity index (χ4n) is 2.94. The van der Waals surface area contributed by atoms with Gasteiger partial charge >= 0.3 is 0 Å². The van der Waals surface area contributed by atoms with E-state index >= 15 is 0 Å². The topological polar surface area (TPSA) is 20.2 Å². The van der Waals surface area contributed by atoms with E-state index in [2.05, 4.69) is 45.0 Å². The second-order valence-corrected chi connectivity index (χ2v) is 8.22. The molecule has 0 radical (unpaired) electrons. The highest BCUT2D eigenvalue weighted by atomic mass is 32.2. The van der Waals surface area contributed by atoms with E-state index in [1.165, 1.54) is 36.1 Å². The molecule has 0 aromatic heterocycles. The normalized spacial score (nSPS) is 18.4. The Hall–Kier alpha value is -0.470. The quantitative estimate of drug-likeness (QED) is 0.769. The second kappa shape index (κ2) is 7.00. The molecule has 0 saturated heterocycles. The summed E-state index contributed by atoms with van der Waals surface area (Å²) in [6.45, 7) is 6.71. The first-order valence-corrected chi connectivity index (χ1v) is 8.85. The molecule has 2 rings (SSSR count). The van der Waals surface area contributed by atoms with Crippen LogP contribution in [0.4, 0.5) is 0 Å². The van der Waals surface area contributed by atoms with Crippen LogP contribution in [-0.2, 0) is 5.41 Å². The fourth-order valence-corrected chi connectivity index (χ4v) is 3.79. The maximum Gasteiger partial charge on any atom is 0.0636 e. The molecule has 0 heterocycles. The molecule has 0 spiro atoms. The zero-order valence-electron chi connectivity index (χ0n) is 13.1. The number of thioether (sulfide) groups is 1. The Morgan fingerprint density at radius 3 is 2.30 bits per heavy atom. The van der Waals surface area contributed by atoms with E-state index in [1.54, 1.807) is 11.8 Å². The van der Waals surface area contributed by atoms with Crippen LogP contribution in [0.1, 0.15) is 58.4 Å². The molecule has 1 aromatic carbocycles. The van der Waals surface area contributed by atoms with Crippen molar-refractivity contribution in [3.63, 3.8) is 0 Å². The van der Waals surface area contributed by atoms with Gasteiger partial charge in [0.05, 0.1) is 6.10 Å². The average molecular weight is 292 g/mol. The monoisotopic (exact) mass is 292 g/mol. The summed E-state index contributed by atoms with van der Waals surface area (Å²) >= 11 is 1.78. The van der Waals surface area contributed by atoms with Crippen molar-refractivity contribution in [1.29, 1.82) is 0 Å².